The summed E-state index contributed by atoms with van der Waals surface area (Å²) in [6.07, 6.45) is -1.52. The molecule has 0 aromatic heterocycles. The van der Waals surface area contributed by atoms with Crippen LogP contribution in [0.1, 0.15) is 57.2 Å². The molecule has 7 nitrogen and oxygen atoms in total. The van der Waals surface area contributed by atoms with E-state index in [0.29, 0.717) is 23.0 Å². The lowest BCUT2D eigenvalue weighted by molar-refractivity contribution is -0.137. The van der Waals surface area contributed by atoms with Crippen LogP contribution in [-0.4, -0.2) is 48.6 Å². The molecule has 2 amide bonds. The number of nitrogens with one attached hydrogen (secondary N) is 2. The first-order valence-corrected chi connectivity index (χ1v) is 15.3. The highest BCUT2D eigenvalue weighted by molar-refractivity contribution is 7.98. The normalized spacial score (nSPS) is 14.2. The van der Waals surface area contributed by atoms with Gasteiger partial charge in [0.1, 0.15) is 0 Å². The van der Waals surface area contributed by atoms with E-state index in [1.807, 2.05) is 12.1 Å². The van der Waals surface area contributed by atoms with Crippen LogP contribution in [0.15, 0.2) is 65.8 Å². The number of halogens is 4. The fourth-order valence-electron chi connectivity index (χ4n) is 4.61. The zero-order valence-electron chi connectivity index (χ0n) is 23.5. The molecule has 12 heteroatoms. The minimum atomic E-state index is -4.64. The summed E-state index contributed by atoms with van der Waals surface area (Å²) in [5.74, 6) is 0.774. The van der Waals surface area contributed by atoms with E-state index in [-0.39, 0.29) is 23.4 Å². The molecule has 228 valence electrons. The van der Waals surface area contributed by atoms with Crippen molar-refractivity contribution in [3.8, 4) is 0 Å². The third-order valence-electron chi connectivity index (χ3n) is 7.01. The fourth-order valence-corrected chi connectivity index (χ4v) is 5.52. The number of amides is 2. The van der Waals surface area contributed by atoms with Crippen molar-refractivity contribution in [1.82, 2.24) is 5.43 Å². The molecule has 4 rings (SSSR count). The Bertz CT molecular complexity index is 1480. The van der Waals surface area contributed by atoms with Gasteiger partial charge >= 0.3 is 6.18 Å². The number of hydrogen-bond acceptors (Lipinski definition) is 6. The first-order chi connectivity index (χ1) is 20.5. The van der Waals surface area contributed by atoms with Gasteiger partial charge in [-0.2, -0.15) is 30.0 Å². The van der Waals surface area contributed by atoms with Gasteiger partial charge in [0, 0.05) is 35.8 Å². The summed E-state index contributed by atoms with van der Waals surface area (Å²) >= 11 is 7.24. The lowest BCUT2D eigenvalue weighted by atomic mass is 9.98. The van der Waals surface area contributed by atoms with Crippen molar-refractivity contribution in [3.63, 3.8) is 0 Å². The van der Waals surface area contributed by atoms with Crippen molar-refractivity contribution < 1.29 is 27.9 Å². The lowest BCUT2D eigenvalue weighted by Crippen LogP contribution is -2.33. The molecule has 3 aromatic rings. The van der Waals surface area contributed by atoms with Crippen LogP contribution in [-0.2, 0) is 11.9 Å². The number of alkyl halides is 3. The average Bonchev–Trinajstić information content (AvgIpc) is 2.98. The van der Waals surface area contributed by atoms with Crippen molar-refractivity contribution in [3.05, 3.63) is 93.5 Å². The number of piperidine rings is 1. The summed E-state index contributed by atoms with van der Waals surface area (Å²) in [7, 11) is 0. The van der Waals surface area contributed by atoms with Gasteiger partial charge in [-0.05, 0) is 72.4 Å². The SMILES string of the molecule is CC1CCN(c2ccc(NC(=O)c3cccc(CSCCO)c3)c(C(=O)N/N=C/c3ccc(Cl)c(C(F)(F)F)c3)c2)CC1. The Morgan fingerprint density at radius 2 is 1.86 bits per heavy atom. The number of nitrogens with zero attached hydrogens (tertiary/aromatic N) is 2. The van der Waals surface area contributed by atoms with E-state index < -0.39 is 28.6 Å². The molecule has 0 atom stereocenters. The molecule has 1 saturated heterocycles. The molecule has 1 aliphatic heterocycles. The van der Waals surface area contributed by atoms with Gasteiger partial charge in [0.25, 0.3) is 11.8 Å². The largest absolute Gasteiger partial charge is 0.417 e. The average molecular weight is 633 g/mol. The highest BCUT2D eigenvalue weighted by atomic mass is 35.5. The number of anilines is 2. The molecule has 0 spiro atoms. The topological polar surface area (TPSA) is 94.0 Å². The number of thioether (sulfide) groups is 1. The van der Waals surface area contributed by atoms with Crippen molar-refractivity contribution >= 4 is 52.8 Å². The molecule has 3 aromatic carbocycles. The molecule has 1 fully saturated rings. The van der Waals surface area contributed by atoms with Gasteiger partial charge in [0.15, 0.2) is 0 Å². The number of hydrazone groups is 1. The minimum absolute atomic E-state index is 0.0699. The lowest BCUT2D eigenvalue weighted by Gasteiger charge is -2.32. The smallest absolute Gasteiger partial charge is 0.396 e. The maximum atomic E-state index is 13.3. The highest BCUT2D eigenvalue weighted by Crippen LogP contribution is 2.35. The Morgan fingerprint density at radius 1 is 1.09 bits per heavy atom. The maximum absolute atomic E-state index is 13.3. The molecule has 0 saturated carbocycles. The molecular weight excluding hydrogens is 601 g/mol. The quantitative estimate of drug-likeness (QED) is 0.129. The standard InChI is InChI=1S/C31H32ClF3N4O3S/c1-20-9-11-39(12-10-20)24-6-8-28(37-29(41)23-4-2-3-22(15-23)19-43-14-13-40)25(17-24)30(42)38-36-18-21-5-7-27(32)26(16-21)31(33,34)35/h2-8,15-18,20,40H,9-14,19H2,1H3,(H,37,41)(H,38,42)/b36-18+. The van der Waals surface area contributed by atoms with E-state index in [4.69, 9.17) is 16.7 Å². The van der Waals surface area contributed by atoms with Gasteiger partial charge in [-0.3, -0.25) is 9.59 Å². The zero-order valence-corrected chi connectivity index (χ0v) is 25.0. The number of carbonyl (C=O) groups is 2. The third kappa shape index (κ3) is 8.98. The van der Waals surface area contributed by atoms with E-state index in [0.717, 1.165) is 55.5 Å². The van der Waals surface area contributed by atoms with Crippen LogP contribution >= 0.6 is 23.4 Å². The highest BCUT2D eigenvalue weighted by Gasteiger charge is 2.33. The van der Waals surface area contributed by atoms with E-state index in [1.54, 1.807) is 42.1 Å². The molecule has 3 N–H and O–H groups in total. The number of rotatable bonds is 10. The summed E-state index contributed by atoms with van der Waals surface area (Å²) in [5, 5.41) is 15.3. The summed E-state index contributed by atoms with van der Waals surface area (Å²) in [6, 6.07) is 15.6. The zero-order chi connectivity index (χ0) is 31.0. The predicted molar refractivity (Wildman–Crippen MR) is 166 cm³/mol. The second kappa shape index (κ2) is 14.8. The molecular formula is C31H32ClF3N4O3S. The predicted octanol–water partition coefficient (Wildman–Crippen LogP) is 6.84. The van der Waals surface area contributed by atoms with E-state index in [1.165, 1.54) is 6.07 Å². The van der Waals surface area contributed by atoms with E-state index in [2.05, 4.69) is 27.7 Å². The Balaban J connectivity index is 1.56. The van der Waals surface area contributed by atoms with Gasteiger partial charge in [-0.15, -0.1) is 0 Å². The number of hydrogen-bond donors (Lipinski definition) is 3. The van der Waals surface area contributed by atoms with Crippen molar-refractivity contribution in [1.29, 1.82) is 0 Å². The Morgan fingerprint density at radius 3 is 2.58 bits per heavy atom. The molecule has 0 unspecified atom stereocenters. The van der Waals surface area contributed by atoms with E-state index >= 15 is 0 Å². The van der Waals surface area contributed by atoms with Gasteiger partial charge in [-0.1, -0.05) is 36.7 Å². The Labute approximate surface area is 257 Å². The monoisotopic (exact) mass is 632 g/mol. The summed E-state index contributed by atoms with van der Waals surface area (Å²) in [4.78, 5) is 28.7. The minimum Gasteiger partial charge on any atom is -0.396 e. The van der Waals surface area contributed by atoms with Crippen LogP contribution in [0.25, 0.3) is 0 Å². The molecule has 0 bridgehead atoms. The number of carbonyl (C=O) groups excluding carboxylic acids is 2. The first kappa shape index (κ1) is 32.4. The second-order valence-electron chi connectivity index (χ2n) is 10.3. The number of aliphatic hydroxyl groups is 1. The second-order valence-corrected chi connectivity index (χ2v) is 11.8. The van der Waals surface area contributed by atoms with Crippen LogP contribution in [0.3, 0.4) is 0 Å². The summed E-state index contributed by atoms with van der Waals surface area (Å²) in [5.41, 5.74) is 4.02. The van der Waals surface area contributed by atoms with Crippen molar-refractivity contribution in [2.45, 2.75) is 31.7 Å². The maximum Gasteiger partial charge on any atom is 0.417 e. The van der Waals surface area contributed by atoms with E-state index in [9.17, 15) is 22.8 Å². The molecule has 0 aliphatic carbocycles. The number of benzene rings is 3. The van der Waals surface area contributed by atoms with Crippen LogP contribution in [0, 0.1) is 5.92 Å². The van der Waals surface area contributed by atoms with Gasteiger partial charge in [0.2, 0.25) is 0 Å². The molecule has 0 radical (unpaired) electrons. The third-order valence-corrected chi connectivity index (χ3v) is 8.35. The van der Waals surface area contributed by atoms with Crippen LogP contribution in [0.4, 0.5) is 24.5 Å². The number of aliphatic hydroxyl groups excluding tert-OH is 1. The van der Waals surface area contributed by atoms with Crippen molar-refractivity contribution in [2.75, 3.05) is 35.7 Å². The van der Waals surface area contributed by atoms with Crippen LogP contribution in [0.2, 0.25) is 5.02 Å². The Hall–Kier alpha value is -3.54. The fraction of sp³-hybridized carbons (Fsp3) is 0.323. The van der Waals surface area contributed by atoms with Gasteiger partial charge in [-0.25, -0.2) is 5.43 Å². The molecule has 43 heavy (non-hydrogen) atoms. The van der Waals surface area contributed by atoms with Crippen LogP contribution < -0.4 is 15.6 Å². The molecule has 1 heterocycles. The Kier molecular flexibility index (Phi) is 11.1. The van der Waals surface area contributed by atoms with Gasteiger partial charge < -0.3 is 15.3 Å². The first-order valence-electron chi connectivity index (χ1n) is 13.7. The molecule has 1 aliphatic rings. The van der Waals surface area contributed by atoms with Crippen molar-refractivity contribution in [2.24, 2.45) is 11.0 Å². The van der Waals surface area contributed by atoms with Gasteiger partial charge in [0.05, 0.1) is 34.7 Å². The summed E-state index contributed by atoms with van der Waals surface area (Å²) < 4.78 is 39.7. The van der Waals surface area contributed by atoms with Crippen LogP contribution in [0.5, 0.6) is 0 Å². The summed E-state index contributed by atoms with van der Waals surface area (Å²) in [6.45, 7) is 3.92.